The lowest BCUT2D eigenvalue weighted by Crippen LogP contribution is -2.85. The molecule has 4 aliphatic heterocycles. The molecule has 188 valence electrons. The summed E-state index contributed by atoms with van der Waals surface area (Å²) in [6, 6.07) is 6.46. The maximum absolute atomic E-state index is 13.3. The van der Waals surface area contributed by atoms with Crippen LogP contribution < -0.4 is 10.6 Å². The second-order valence-corrected chi connectivity index (χ2v) is 13.2. The molecule has 0 aliphatic carbocycles. The Hall–Kier alpha value is -2.83. The predicted molar refractivity (Wildman–Crippen MR) is 133 cm³/mol. The summed E-state index contributed by atoms with van der Waals surface area (Å²) in [5.41, 5.74) is 0.608. The van der Waals surface area contributed by atoms with Crippen LogP contribution in [0.2, 0.25) is 0 Å². The van der Waals surface area contributed by atoms with E-state index in [9.17, 15) is 13.5 Å². The van der Waals surface area contributed by atoms with Crippen LogP contribution in [0.3, 0.4) is 0 Å². The molecule has 3 aromatic rings. The van der Waals surface area contributed by atoms with Gasteiger partial charge in [0.1, 0.15) is 15.5 Å². The third-order valence-corrected chi connectivity index (χ3v) is 11.3. The molecule has 7 rings (SSSR count). The van der Waals surface area contributed by atoms with E-state index in [2.05, 4.69) is 31.8 Å². The maximum Gasteiger partial charge on any atom is 0.233 e. The van der Waals surface area contributed by atoms with Gasteiger partial charge in [-0.2, -0.15) is 19.6 Å². The Balaban J connectivity index is 1.06. The Morgan fingerprint density at radius 3 is 2.75 bits per heavy atom. The highest BCUT2D eigenvalue weighted by Crippen LogP contribution is 2.60. The summed E-state index contributed by atoms with van der Waals surface area (Å²) in [6.07, 6.45) is 2.95. The van der Waals surface area contributed by atoms with Crippen molar-refractivity contribution >= 4 is 49.2 Å². The molecule has 7 heterocycles. The fourth-order valence-corrected chi connectivity index (χ4v) is 9.72. The zero-order valence-electron chi connectivity index (χ0n) is 19.3. The fraction of sp³-hybridized carbons (Fsp3) is 0.545. The van der Waals surface area contributed by atoms with Gasteiger partial charge in [0.25, 0.3) is 0 Å². The normalized spacial score (nSPS) is 30.1. The highest BCUT2D eigenvalue weighted by atomic mass is 32.2. The topological polar surface area (TPSA) is 163 Å². The monoisotopic (exact) mass is 527 g/mol. The van der Waals surface area contributed by atoms with E-state index in [-0.39, 0.29) is 30.7 Å². The summed E-state index contributed by atoms with van der Waals surface area (Å²) >= 11 is 1.53. The molecule has 0 bridgehead atoms. The number of thiophene rings is 1. The Kier molecular flexibility index (Phi) is 4.87. The maximum atomic E-state index is 13.3. The minimum atomic E-state index is -3.41. The number of sulfonamides is 1. The number of aromatic nitrogens is 4. The molecule has 4 saturated heterocycles. The number of hydrogen-bond donors (Lipinski definition) is 4. The SMILES string of the molecule is N#CC1CN(S(=O)(=O)C23C[C@H]4CC(Nc5nc(Nc6cc(CO)[nH]n6)c6ccsc6n5)C[C@@H](C2)N43)C1. The van der Waals surface area contributed by atoms with Gasteiger partial charge >= 0.3 is 0 Å². The molecule has 0 aromatic carbocycles. The van der Waals surface area contributed by atoms with Crippen LogP contribution in [0.25, 0.3) is 10.2 Å². The van der Waals surface area contributed by atoms with Gasteiger partial charge in [0.15, 0.2) is 5.82 Å². The molecule has 4 fully saturated rings. The van der Waals surface area contributed by atoms with Crippen LogP contribution in [-0.2, 0) is 16.6 Å². The quantitative estimate of drug-likeness (QED) is 0.354. The van der Waals surface area contributed by atoms with E-state index in [1.165, 1.54) is 15.6 Å². The zero-order chi connectivity index (χ0) is 24.7. The van der Waals surface area contributed by atoms with Gasteiger partial charge in [-0.15, -0.1) is 11.3 Å². The van der Waals surface area contributed by atoms with Crippen molar-refractivity contribution in [3.8, 4) is 6.07 Å². The molecule has 0 spiro atoms. The number of fused-ring (bicyclic) bond motifs is 1. The van der Waals surface area contributed by atoms with Crippen molar-refractivity contribution in [2.75, 3.05) is 23.7 Å². The van der Waals surface area contributed by atoms with Gasteiger partial charge in [-0.1, -0.05) is 0 Å². The van der Waals surface area contributed by atoms with Gasteiger partial charge in [-0.25, -0.2) is 13.4 Å². The minimum absolute atomic E-state index is 0.124. The molecular formula is C22H25N9O3S2. The summed E-state index contributed by atoms with van der Waals surface area (Å²) in [5.74, 6) is 1.56. The first-order valence-electron chi connectivity index (χ1n) is 12.0. The third-order valence-electron chi connectivity index (χ3n) is 8.04. The number of aliphatic hydroxyl groups excluding tert-OH is 1. The first-order chi connectivity index (χ1) is 17.4. The number of H-pyrrole nitrogens is 1. The van der Waals surface area contributed by atoms with Crippen molar-refractivity contribution in [1.29, 1.82) is 5.26 Å². The molecule has 12 nitrogen and oxygen atoms in total. The summed E-state index contributed by atoms with van der Waals surface area (Å²) in [7, 11) is -3.41. The van der Waals surface area contributed by atoms with E-state index in [1.807, 2.05) is 11.4 Å². The number of aromatic amines is 1. The van der Waals surface area contributed by atoms with Gasteiger partial charge in [0, 0.05) is 37.3 Å². The summed E-state index contributed by atoms with van der Waals surface area (Å²) in [5, 5.41) is 34.9. The number of nitrogens with one attached hydrogen (secondary N) is 3. The lowest BCUT2D eigenvalue weighted by atomic mass is 9.68. The molecule has 3 aromatic heterocycles. The van der Waals surface area contributed by atoms with Gasteiger partial charge < -0.3 is 15.7 Å². The van der Waals surface area contributed by atoms with E-state index >= 15 is 0 Å². The van der Waals surface area contributed by atoms with Gasteiger partial charge in [0.05, 0.1) is 29.7 Å². The number of nitrogens with zero attached hydrogens (tertiary/aromatic N) is 6. The fourth-order valence-electron chi connectivity index (χ4n) is 6.36. The van der Waals surface area contributed by atoms with Crippen LogP contribution in [0.1, 0.15) is 31.4 Å². The van der Waals surface area contributed by atoms with Crippen LogP contribution in [0.15, 0.2) is 17.5 Å². The van der Waals surface area contributed by atoms with Gasteiger partial charge in [0.2, 0.25) is 16.0 Å². The largest absolute Gasteiger partial charge is 0.390 e. The van der Waals surface area contributed by atoms with Gasteiger partial charge in [-0.05, 0) is 37.1 Å². The van der Waals surface area contributed by atoms with E-state index in [1.54, 1.807) is 6.07 Å². The summed E-state index contributed by atoms with van der Waals surface area (Å²) in [6.45, 7) is 0.528. The van der Waals surface area contributed by atoms with E-state index in [4.69, 9.17) is 15.2 Å². The van der Waals surface area contributed by atoms with Crippen LogP contribution in [0.4, 0.5) is 17.6 Å². The van der Waals surface area contributed by atoms with Crippen molar-refractivity contribution in [2.24, 2.45) is 5.92 Å². The molecule has 14 heteroatoms. The van der Waals surface area contributed by atoms with Crippen LogP contribution in [-0.4, -0.2) is 79.0 Å². The summed E-state index contributed by atoms with van der Waals surface area (Å²) in [4.78, 5) is 11.7. The molecular weight excluding hydrogens is 502 g/mol. The standard InChI is InChI=1S/C22H25N9O3S2/c23-8-12-9-30(10-12)36(33,34)22-6-15-3-13(4-16(7-22)31(15)22)24-21-26-19(17-1-2-35-20(17)27-21)25-18-5-14(11-32)28-29-18/h1-2,5,12-13,15-16,32H,3-4,6-7,9-11H2,(H3,24,25,26,27,28,29)/t13?,15-,16+,22?. The van der Waals surface area contributed by atoms with Crippen molar-refractivity contribution in [3.05, 3.63) is 23.2 Å². The third kappa shape index (κ3) is 3.13. The average molecular weight is 528 g/mol. The highest BCUT2D eigenvalue weighted by Gasteiger charge is 2.73. The molecule has 4 atom stereocenters. The second kappa shape index (κ2) is 7.83. The molecule has 4 aliphatic rings. The van der Waals surface area contributed by atoms with Crippen LogP contribution in [0, 0.1) is 17.2 Å². The molecule has 0 saturated carbocycles. The minimum Gasteiger partial charge on any atom is -0.390 e. The number of rotatable bonds is 7. The lowest BCUT2D eigenvalue weighted by molar-refractivity contribution is -0.176. The molecule has 36 heavy (non-hydrogen) atoms. The number of piperidine rings is 2. The first kappa shape index (κ1) is 22.4. The number of aliphatic hydroxyl groups is 1. The molecule has 0 amide bonds. The van der Waals surface area contributed by atoms with Crippen molar-refractivity contribution < 1.29 is 13.5 Å². The van der Waals surface area contributed by atoms with Crippen molar-refractivity contribution in [3.63, 3.8) is 0 Å². The molecule has 4 N–H and O–H groups in total. The molecule has 0 radical (unpaired) electrons. The smallest absolute Gasteiger partial charge is 0.233 e. The Morgan fingerprint density at radius 2 is 2.06 bits per heavy atom. The van der Waals surface area contributed by atoms with Crippen molar-refractivity contribution in [1.82, 2.24) is 29.4 Å². The predicted octanol–water partition coefficient (Wildman–Crippen LogP) is 1.55. The van der Waals surface area contributed by atoms with E-state index in [0.717, 1.165) is 23.1 Å². The highest BCUT2D eigenvalue weighted by molar-refractivity contribution is 7.90. The van der Waals surface area contributed by atoms with Crippen LogP contribution >= 0.6 is 11.3 Å². The van der Waals surface area contributed by atoms with E-state index in [0.29, 0.717) is 49.2 Å². The number of hydrogen-bond acceptors (Lipinski definition) is 11. The number of anilines is 3. The van der Waals surface area contributed by atoms with Crippen molar-refractivity contribution in [2.45, 2.75) is 55.3 Å². The number of nitriles is 1. The average Bonchev–Trinajstić information content (AvgIpc) is 3.44. The Morgan fingerprint density at radius 1 is 1.28 bits per heavy atom. The van der Waals surface area contributed by atoms with Gasteiger partial charge in [-0.3, -0.25) is 10.00 Å². The zero-order valence-corrected chi connectivity index (χ0v) is 20.9. The Labute approximate surface area is 211 Å². The van der Waals surface area contributed by atoms with E-state index < -0.39 is 14.9 Å². The summed E-state index contributed by atoms with van der Waals surface area (Å²) < 4.78 is 28.0. The molecule has 2 unspecified atom stereocenters. The van der Waals surface area contributed by atoms with Crippen LogP contribution in [0.5, 0.6) is 0 Å². The lowest BCUT2D eigenvalue weighted by Gasteiger charge is -2.72. The Bertz CT molecular complexity index is 1470. The first-order valence-corrected chi connectivity index (χ1v) is 14.3. The second-order valence-electron chi connectivity index (χ2n) is 10.1.